The van der Waals surface area contributed by atoms with Crippen molar-refractivity contribution in [2.24, 2.45) is 0 Å². The van der Waals surface area contributed by atoms with E-state index in [9.17, 15) is 9.59 Å². The highest BCUT2D eigenvalue weighted by molar-refractivity contribution is 6.30. The molecule has 0 heterocycles. The van der Waals surface area contributed by atoms with Crippen LogP contribution in [-0.2, 0) is 22.6 Å². The van der Waals surface area contributed by atoms with Crippen LogP contribution in [0.5, 0.6) is 11.5 Å². The van der Waals surface area contributed by atoms with Crippen molar-refractivity contribution in [3.05, 3.63) is 95.0 Å². The Morgan fingerprint density at radius 2 is 1.57 bits per heavy atom. The van der Waals surface area contributed by atoms with Gasteiger partial charge >= 0.3 is 0 Å². The monoisotopic (exact) mass is 494 g/mol. The van der Waals surface area contributed by atoms with Crippen molar-refractivity contribution in [2.45, 2.75) is 38.9 Å². The van der Waals surface area contributed by atoms with Gasteiger partial charge in [0.15, 0.2) is 18.1 Å². The van der Waals surface area contributed by atoms with Gasteiger partial charge in [0.25, 0.3) is 5.91 Å². The van der Waals surface area contributed by atoms with Crippen LogP contribution in [0.3, 0.4) is 0 Å². The van der Waals surface area contributed by atoms with Crippen molar-refractivity contribution in [3.8, 4) is 11.5 Å². The molecule has 0 aromatic heterocycles. The van der Waals surface area contributed by atoms with Gasteiger partial charge in [-0.1, -0.05) is 66.2 Å². The smallest absolute Gasteiger partial charge is 0.261 e. The van der Waals surface area contributed by atoms with Crippen LogP contribution in [0.4, 0.5) is 0 Å². The normalized spacial score (nSPS) is 11.6. The van der Waals surface area contributed by atoms with Gasteiger partial charge in [0, 0.05) is 24.0 Å². The van der Waals surface area contributed by atoms with Crippen molar-refractivity contribution in [1.29, 1.82) is 0 Å². The average Bonchev–Trinajstić information content (AvgIpc) is 2.85. The molecule has 0 aliphatic rings. The molecule has 0 spiro atoms. The Bertz CT molecular complexity index is 1120. The van der Waals surface area contributed by atoms with E-state index in [0.717, 1.165) is 11.1 Å². The molecule has 1 atom stereocenters. The number of halogens is 1. The molecule has 0 aliphatic carbocycles. The number of para-hydroxylation sites is 2. The van der Waals surface area contributed by atoms with Gasteiger partial charge in [-0.25, -0.2) is 0 Å². The van der Waals surface area contributed by atoms with E-state index in [4.69, 9.17) is 21.1 Å². The third-order valence-electron chi connectivity index (χ3n) is 5.36. The minimum Gasteiger partial charge on any atom is -0.493 e. The Balaban J connectivity index is 1.92. The van der Waals surface area contributed by atoms with E-state index in [-0.39, 0.29) is 31.0 Å². The first-order valence-corrected chi connectivity index (χ1v) is 11.9. The number of rotatable bonds is 11. The predicted molar refractivity (Wildman–Crippen MR) is 138 cm³/mol. The summed E-state index contributed by atoms with van der Waals surface area (Å²) in [6, 6.07) is 23.2. The van der Waals surface area contributed by atoms with Gasteiger partial charge < -0.3 is 19.7 Å². The van der Waals surface area contributed by atoms with Crippen LogP contribution in [0.2, 0.25) is 5.02 Å². The van der Waals surface area contributed by atoms with Gasteiger partial charge in [-0.3, -0.25) is 9.59 Å². The second kappa shape index (κ2) is 12.8. The fourth-order valence-corrected chi connectivity index (χ4v) is 3.94. The van der Waals surface area contributed by atoms with Crippen molar-refractivity contribution >= 4 is 23.4 Å². The number of hydrogen-bond donors (Lipinski definition) is 1. The van der Waals surface area contributed by atoms with Crippen LogP contribution in [0, 0.1) is 0 Å². The molecule has 0 saturated carbocycles. The van der Waals surface area contributed by atoms with E-state index in [1.54, 1.807) is 42.3 Å². The number of amides is 2. The molecular formula is C28H31ClN2O4. The molecule has 2 amide bonds. The first kappa shape index (κ1) is 26.1. The lowest BCUT2D eigenvalue weighted by Crippen LogP contribution is -2.52. The number of carbonyl (C=O) groups is 2. The molecule has 7 heteroatoms. The summed E-state index contributed by atoms with van der Waals surface area (Å²) >= 11 is 6.20. The fourth-order valence-electron chi connectivity index (χ4n) is 3.73. The Hall–Kier alpha value is -3.51. The van der Waals surface area contributed by atoms with E-state index in [1.165, 1.54) is 0 Å². The molecule has 0 aliphatic heterocycles. The summed E-state index contributed by atoms with van der Waals surface area (Å²) in [5.74, 6) is 0.435. The van der Waals surface area contributed by atoms with Crippen LogP contribution in [0.1, 0.15) is 25.0 Å². The summed E-state index contributed by atoms with van der Waals surface area (Å²) in [7, 11) is 1.54. The maximum Gasteiger partial charge on any atom is 0.261 e. The van der Waals surface area contributed by atoms with E-state index in [2.05, 4.69) is 5.32 Å². The van der Waals surface area contributed by atoms with Gasteiger partial charge in [0.1, 0.15) is 6.04 Å². The molecule has 35 heavy (non-hydrogen) atoms. The van der Waals surface area contributed by atoms with Crippen molar-refractivity contribution in [2.75, 3.05) is 13.7 Å². The van der Waals surface area contributed by atoms with Crippen LogP contribution < -0.4 is 14.8 Å². The maximum atomic E-state index is 13.6. The van der Waals surface area contributed by atoms with Crippen LogP contribution >= 0.6 is 11.6 Å². The van der Waals surface area contributed by atoms with Crippen molar-refractivity contribution in [1.82, 2.24) is 10.2 Å². The standard InChI is InChI=1S/C28H31ClN2O4/c1-20(2)30-28(33)24(17-21-10-5-4-6-11-21)31(18-22-12-9-13-23(29)16-22)27(32)19-35-26-15-8-7-14-25(26)34-3/h4-16,20,24H,17-19H2,1-3H3,(H,30,33). The molecule has 1 unspecified atom stereocenters. The van der Waals surface area contributed by atoms with Gasteiger partial charge in [-0.2, -0.15) is 0 Å². The largest absolute Gasteiger partial charge is 0.493 e. The molecular weight excluding hydrogens is 464 g/mol. The minimum absolute atomic E-state index is 0.0753. The SMILES string of the molecule is COc1ccccc1OCC(=O)N(Cc1cccc(Cl)c1)C(Cc1ccccc1)C(=O)NC(C)C. The van der Waals surface area contributed by atoms with E-state index in [1.807, 2.05) is 62.4 Å². The number of nitrogens with zero attached hydrogens (tertiary/aromatic N) is 1. The van der Waals surface area contributed by atoms with Crippen LogP contribution in [-0.4, -0.2) is 42.5 Å². The minimum atomic E-state index is -0.743. The molecule has 3 aromatic rings. The molecule has 0 bridgehead atoms. The van der Waals surface area contributed by atoms with E-state index < -0.39 is 6.04 Å². The zero-order valence-corrected chi connectivity index (χ0v) is 21.0. The Morgan fingerprint density at radius 1 is 0.914 bits per heavy atom. The first-order valence-electron chi connectivity index (χ1n) is 11.5. The van der Waals surface area contributed by atoms with Gasteiger partial charge in [-0.15, -0.1) is 0 Å². The fraction of sp³-hybridized carbons (Fsp3) is 0.286. The summed E-state index contributed by atoms with van der Waals surface area (Å²) in [4.78, 5) is 28.5. The lowest BCUT2D eigenvalue weighted by molar-refractivity contribution is -0.143. The zero-order chi connectivity index (χ0) is 25.2. The predicted octanol–water partition coefficient (Wildman–Crippen LogP) is 4.89. The summed E-state index contributed by atoms with van der Waals surface area (Å²) in [5.41, 5.74) is 1.77. The molecule has 0 saturated heterocycles. The topological polar surface area (TPSA) is 67.9 Å². The number of nitrogens with one attached hydrogen (secondary N) is 1. The molecule has 3 rings (SSSR count). The summed E-state index contributed by atoms with van der Waals surface area (Å²) in [6.07, 6.45) is 0.361. The van der Waals surface area contributed by atoms with Gasteiger partial charge in [0.2, 0.25) is 5.91 Å². The Morgan fingerprint density at radius 3 is 2.23 bits per heavy atom. The highest BCUT2D eigenvalue weighted by atomic mass is 35.5. The number of hydrogen-bond acceptors (Lipinski definition) is 4. The molecule has 1 N–H and O–H groups in total. The number of methoxy groups -OCH3 is 1. The Labute approximate surface area is 211 Å². The summed E-state index contributed by atoms with van der Waals surface area (Å²) < 4.78 is 11.1. The molecule has 0 radical (unpaired) electrons. The lowest BCUT2D eigenvalue weighted by Gasteiger charge is -2.32. The number of ether oxygens (including phenoxy) is 2. The van der Waals surface area contributed by atoms with E-state index >= 15 is 0 Å². The maximum absolute atomic E-state index is 13.6. The number of carbonyl (C=O) groups excluding carboxylic acids is 2. The molecule has 3 aromatic carbocycles. The second-order valence-electron chi connectivity index (χ2n) is 8.46. The van der Waals surface area contributed by atoms with E-state index in [0.29, 0.717) is 22.9 Å². The lowest BCUT2D eigenvalue weighted by atomic mass is 10.0. The highest BCUT2D eigenvalue weighted by Crippen LogP contribution is 2.26. The van der Waals surface area contributed by atoms with Crippen molar-refractivity contribution in [3.63, 3.8) is 0 Å². The van der Waals surface area contributed by atoms with Crippen LogP contribution in [0.25, 0.3) is 0 Å². The Kier molecular flexibility index (Phi) is 9.56. The van der Waals surface area contributed by atoms with Crippen LogP contribution in [0.15, 0.2) is 78.9 Å². The highest BCUT2D eigenvalue weighted by Gasteiger charge is 2.31. The van der Waals surface area contributed by atoms with Crippen molar-refractivity contribution < 1.29 is 19.1 Å². The summed E-state index contributed by atoms with van der Waals surface area (Å²) in [5, 5.41) is 3.53. The first-order chi connectivity index (χ1) is 16.9. The van der Waals surface area contributed by atoms with Gasteiger partial charge in [-0.05, 0) is 49.2 Å². The molecule has 6 nitrogen and oxygen atoms in total. The third-order valence-corrected chi connectivity index (χ3v) is 5.60. The summed E-state index contributed by atoms with van der Waals surface area (Å²) in [6.45, 7) is 3.75. The molecule has 184 valence electrons. The van der Waals surface area contributed by atoms with Gasteiger partial charge in [0.05, 0.1) is 7.11 Å². The quantitative estimate of drug-likeness (QED) is 0.412. The zero-order valence-electron chi connectivity index (χ0n) is 20.2. The number of benzene rings is 3. The molecule has 0 fully saturated rings. The third kappa shape index (κ3) is 7.76. The second-order valence-corrected chi connectivity index (χ2v) is 8.90. The average molecular weight is 495 g/mol.